The summed E-state index contributed by atoms with van der Waals surface area (Å²) in [5.41, 5.74) is 1.37. The van der Waals surface area contributed by atoms with Crippen LogP contribution in [0, 0.1) is 0 Å². The standard InChI is InChI=1S/C16H18BrNS/c1-3-14(18-2)12-8-4-6-10-15(12)19-16-11-7-5-9-13(16)17/h4-11,14,18H,3H2,1-2H3. The molecule has 2 aromatic carbocycles. The largest absolute Gasteiger partial charge is 0.313 e. The summed E-state index contributed by atoms with van der Waals surface area (Å²) in [4.78, 5) is 2.57. The molecule has 100 valence electrons. The number of benzene rings is 2. The van der Waals surface area contributed by atoms with Gasteiger partial charge in [-0.25, -0.2) is 0 Å². The van der Waals surface area contributed by atoms with E-state index in [1.54, 1.807) is 0 Å². The fourth-order valence-corrected chi connectivity index (χ4v) is 3.64. The lowest BCUT2D eigenvalue weighted by molar-refractivity contribution is 0.568. The summed E-state index contributed by atoms with van der Waals surface area (Å²) in [6.45, 7) is 2.21. The zero-order valence-electron chi connectivity index (χ0n) is 11.2. The third kappa shape index (κ3) is 3.62. The van der Waals surface area contributed by atoms with Crippen molar-refractivity contribution in [1.82, 2.24) is 5.32 Å². The highest BCUT2D eigenvalue weighted by Crippen LogP contribution is 2.37. The Kier molecular flexibility index (Phi) is 5.49. The smallest absolute Gasteiger partial charge is 0.0326 e. The molecule has 19 heavy (non-hydrogen) atoms. The van der Waals surface area contributed by atoms with Crippen molar-refractivity contribution in [1.29, 1.82) is 0 Å². The molecule has 0 heterocycles. The van der Waals surface area contributed by atoms with Crippen LogP contribution < -0.4 is 5.32 Å². The summed E-state index contributed by atoms with van der Waals surface area (Å²) in [6.07, 6.45) is 1.09. The van der Waals surface area contributed by atoms with Crippen molar-refractivity contribution in [2.75, 3.05) is 7.05 Å². The number of halogens is 1. The van der Waals surface area contributed by atoms with Gasteiger partial charge in [-0.15, -0.1) is 0 Å². The maximum absolute atomic E-state index is 3.61. The number of rotatable bonds is 5. The first-order chi connectivity index (χ1) is 9.26. The Morgan fingerprint density at radius 3 is 2.32 bits per heavy atom. The predicted octanol–water partition coefficient (Wildman–Crippen LogP) is 5.27. The van der Waals surface area contributed by atoms with Gasteiger partial charge in [0.1, 0.15) is 0 Å². The Morgan fingerprint density at radius 1 is 1.05 bits per heavy atom. The van der Waals surface area contributed by atoms with E-state index in [0.29, 0.717) is 6.04 Å². The van der Waals surface area contributed by atoms with Gasteiger partial charge in [0.05, 0.1) is 0 Å². The molecule has 0 aromatic heterocycles. The summed E-state index contributed by atoms with van der Waals surface area (Å²) >= 11 is 5.43. The molecule has 0 bridgehead atoms. The molecule has 1 nitrogen and oxygen atoms in total. The lowest BCUT2D eigenvalue weighted by atomic mass is 10.1. The summed E-state index contributed by atoms with van der Waals surface area (Å²) in [5.74, 6) is 0. The average molecular weight is 336 g/mol. The second-order valence-electron chi connectivity index (χ2n) is 4.32. The molecule has 0 aliphatic rings. The van der Waals surface area contributed by atoms with E-state index >= 15 is 0 Å². The highest BCUT2D eigenvalue weighted by Gasteiger charge is 2.12. The van der Waals surface area contributed by atoms with Gasteiger partial charge < -0.3 is 5.32 Å². The van der Waals surface area contributed by atoms with Gasteiger partial charge in [-0.05, 0) is 53.2 Å². The van der Waals surface area contributed by atoms with E-state index in [-0.39, 0.29) is 0 Å². The van der Waals surface area contributed by atoms with Gasteiger partial charge in [0.2, 0.25) is 0 Å². The van der Waals surface area contributed by atoms with Gasteiger partial charge in [-0.2, -0.15) is 0 Å². The fourth-order valence-electron chi connectivity index (χ4n) is 2.09. The van der Waals surface area contributed by atoms with Crippen LogP contribution in [0.15, 0.2) is 62.8 Å². The molecule has 0 aliphatic heterocycles. The number of hydrogen-bond acceptors (Lipinski definition) is 2. The minimum Gasteiger partial charge on any atom is -0.313 e. The van der Waals surface area contributed by atoms with Gasteiger partial charge in [0, 0.05) is 20.3 Å². The first-order valence-corrected chi connectivity index (χ1v) is 8.05. The number of hydrogen-bond donors (Lipinski definition) is 1. The van der Waals surface area contributed by atoms with Gasteiger partial charge >= 0.3 is 0 Å². The molecule has 1 atom stereocenters. The molecule has 0 saturated carbocycles. The van der Waals surface area contributed by atoms with Crippen molar-refractivity contribution >= 4 is 27.7 Å². The van der Waals surface area contributed by atoms with Crippen LogP contribution in [0.2, 0.25) is 0 Å². The molecule has 0 amide bonds. The molecule has 2 aromatic rings. The Hall–Kier alpha value is -0.770. The first-order valence-electron chi connectivity index (χ1n) is 6.44. The highest BCUT2D eigenvalue weighted by molar-refractivity contribution is 9.10. The molecular formula is C16H18BrNS. The Balaban J connectivity index is 2.33. The second-order valence-corrected chi connectivity index (χ2v) is 6.26. The van der Waals surface area contributed by atoms with Crippen molar-refractivity contribution in [2.24, 2.45) is 0 Å². The molecular weight excluding hydrogens is 318 g/mol. The Labute approximate surface area is 127 Å². The monoisotopic (exact) mass is 335 g/mol. The minimum absolute atomic E-state index is 0.409. The minimum atomic E-state index is 0.409. The maximum Gasteiger partial charge on any atom is 0.0326 e. The van der Waals surface area contributed by atoms with E-state index < -0.39 is 0 Å². The van der Waals surface area contributed by atoms with Crippen LogP contribution in [-0.2, 0) is 0 Å². The summed E-state index contributed by atoms with van der Waals surface area (Å²) in [5, 5.41) is 3.38. The van der Waals surface area contributed by atoms with Crippen LogP contribution in [0.25, 0.3) is 0 Å². The third-order valence-corrected chi connectivity index (χ3v) is 5.23. The van der Waals surface area contributed by atoms with Crippen molar-refractivity contribution in [3.8, 4) is 0 Å². The third-order valence-electron chi connectivity index (χ3n) is 3.11. The average Bonchev–Trinajstić information content (AvgIpc) is 2.44. The molecule has 0 spiro atoms. The van der Waals surface area contributed by atoms with E-state index in [9.17, 15) is 0 Å². The molecule has 0 saturated heterocycles. The van der Waals surface area contributed by atoms with Crippen molar-refractivity contribution in [3.63, 3.8) is 0 Å². The zero-order chi connectivity index (χ0) is 13.7. The van der Waals surface area contributed by atoms with Gasteiger partial charge in [-0.3, -0.25) is 0 Å². The SMILES string of the molecule is CCC(NC)c1ccccc1Sc1ccccc1Br. The molecule has 1 N–H and O–H groups in total. The molecule has 0 radical (unpaired) electrons. The fraction of sp³-hybridized carbons (Fsp3) is 0.250. The van der Waals surface area contributed by atoms with Crippen LogP contribution in [0.3, 0.4) is 0 Å². The van der Waals surface area contributed by atoms with E-state index in [1.807, 2.05) is 24.9 Å². The van der Waals surface area contributed by atoms with Crippen LogP contribution in [0.5, 0.6) is 0 Å². The summed E-state index contributed by atoms with van der Waals surface area (Å²) < 4.78 is 1.15. The molecule has 2 rings (SSSR count). The topological polar surface area (TPSA) is 12.0 Å². The lowest BCUT2D eigenvalue weighted by Crippen LogP contribution is -2.15. The van der Waals surface area contributed by atoms with Crippen LogP contribution >= 0.6 is 27.7 Å². The molecule has 0 fully saturated rings. The van der Waals surface area contributed by atoms with E-state index in [1.165, 1.54) is 15.4 Å². The summed E-state index contributed by atoms with van der Waals surface area (Å²) in [7, 11) is 2.02. The van der Waals surface area contributed by atoms with Crippen LogP contribution in [0.1, 0.15) is 24.9 Å². The van der Waals surface area contributed by atoms with Gasteiger partial charge in [-0.1, -0.05) is 49.0 Å². The Morgan fingerprint density at radius 2 is 1.68 bits per heavy atom. The van der Waals surface area contributed by atoms with Gasteiger partial charge in [0.25, 0.3) is 0 Å². The van der Waals surface area contributed by atoms with Crippen LogP contribution in [0.4, 0.5) is 0 Å². The second kappa shape index (κ2) is 7.13. The first kappa shape index (κ1) is 14.6. The van der Waals surface area contributed by atoms with Crippen molar-refractivity contribution < 1.29 is 0 Å². The maximum atomic E-state index is 3.61. The zero-order valence-corrected chi connectivity index (χ0v) is 13.6. The van der Waals surface area contributed by atoms with Crippen molar-refractivity contribution in [2.45, 2.75) is 29.2 Å². The lowest BCUT2D eigenvalue weighted by Gasteiger charge is -2.18. The van der Waals surface area contributed by atoms with Gasteiger partial charge in [0.15, 0.2) is 0 Å². The summed E-state index contributed by atoms with van der Waals surface area (Å²) in [6, 6.07) is 17.4. The molecule has 1 unspecified atom stereocenters. The highest BCUT2D eigenvalue weighted by atomic mass is 79.9. The number of nitrogens with one attached hydrogen (secondary N) is 1. The van der Waals surface area contributed by atoms with E-state index in [2.05, 4.69) is 70.6 Å². The molecule has 0 aliphatic carbocycles. The van der Waals surface area contributed by atoms with E-state index in [4.69, 9.17) is 0 Å². The normalized spacial score (nSPS) is 12.4. The van der Waals surface area contributed by atoms with E-state index in [0.717, 1.165) is 10.9 Å². The van der Waals surface area contributed by atoms with Crippen molar-refractivity contribution in [3.05, 3.63) is 58.6 Å². The van der Waals surface area contributed by atoms with Crippen LogP contribution in [-0.4, -0.2) is 7.05 Å². The molecule has 3 heteroatoms. The quantitative estimate of drug-likeness (QED) is 0.798. The predicted molar refractivity (Wildman–Crippen MR) is 86.8 cm³/mol. The Bertz CT molecular complexity index is 538.